The summed E-state index contributed by atoms with van der Waals surface area (Å²) in [6, 6.07) is 8.56. The summed E-state index contributed by atoms with van der Waals surface area (Å²) in [4.78, 5) is 0. The molecule has 1 aromatic heterocycles. The van der Waals surface area contributed by atoms with E-state index in [-0.39, 0.29) is 11.2 Å². The van der Waals surface area contributed by atoms with Gasteiger partial charge < -0.3 is 5.73 Å². The van der Waals surface area contributed by atoms with E-state index in [0.29, 0.717) is 12.2 Å². The molecule has 2 aromatic rings. The third kappa shape index (κ3) is 1.65. The predicted molar refractivity (Wildman–Crippen MR) is 63.5 cm³/mol. The number of hydrogen-bond acceptors (Lipinski definition) is 2. The molecule has 0 radical (unpaired) electrons. The van der Waals surface area contributed by atoms with Crippen LogP contribution >= 0.6 is 0 Å². The fraction of sp³-hybridized carbons (Fsp3) is 0.308. The van der Waals surface area contributed by atoms with Crippen LogP contribution in [-0.2, 0) is 5.41 Å². The Kier molecular flexibility index (Phi) is 2.26. The second kappa shape index (κ2) is 3.67. The van der Waals surface area contributed by atoms with Crippen molar-refractivity contribution in [1.82, 2.24) is 9.78 Å². The molecule has 0 saturated heterocycles. The molecule has 88 valence electrons. The van der Waals surface area contributed by atoms with Crippen molar-refractivity contribution < 1.29 is 4.39 Å². The van der Waals surface area contributed by atoms with E-state index in [1.54, 1.807) is 29.1 Å². The maximum atomic E-state index is 13.6. The monoisotopic (exact) mass is 231 g/mol. The molecule has 1 aromatic carbocycles. The summed E-state index contributed by atoms with van der Waals surface area (Å²) in [5.74, 6) is -0.264. The van der Waals surface area contributed by atoms with Crippen LogP contribution in [0.5, 0.6) is 0 Å². The van der Waals surface area contributed by atoms with Crippen LogP contribution in [0.3, 0.4) is 0 Å². The normalized spacial score (nSPS) is 17.1. The Hall–Kier alpha value is -1.68. The quantitative estimate of drug-likeness (QED) is 0.878. The van der Waals surface area contributed by atoms with Crippen LogP contribution in [0.25, 0.3) is 5.69 Å². The topological polar surface area (TPSA) is 43.8 Å². The second-order valence-corrected chi connectivity index (χ2v) is 4.58. The highest BCUT2D eigenvalue weighted by molar-refractivity contribution is 5.34. The number of nitrogens with two attached hydrogens (primary N) is 1. The van der Waals surface area contributed by atoms with Gasteiger partial charge in [0.1, 0.15) is 11.5 Å². The van der Waals surface area contributed by atoms with Gasteiger partial charge in [-0.15, -0.1) is 0 Å². The predicted octanol–water partition coefficient (Wildman–Crippen LogP) is 2.00. The largest absolute Gasteiger partial charge is 0.330 e. The van der Waals surface area contributed by atoms with E-state index in [2.05, 4.69) is 5.10 Å². The second-order valence-electron chi connectivity index (χ2n) is 4.58. The molecule has 0 aliphatic heterocycles. The molecular formula is C13H14FN3. The Balaban J connectivity index is 1.99. The van der Waals surface area contributed by atoms with Crippen molar-refractivity contribution in [2.45, 2.75) is 18.3 Å². The summed E-state index contributed by atoms with van der Waals surface area (Å²) in [6.07, 6.45) is 3.96. The molecule has 0 amide bonds. The van der Waals surface area contributed by atoms with Crippen molar-refractivity contribution in [3.63, 3.8) is 0 Å². The zero-order valence-corrected chi connectivity index (χ0v) is 9.44. The van der Waals surface area contributed by atoms with Crippen LogP contribution in [0.2, 0.25) is 0 Å². The molecule has 3 nitrogen and oxygen atoms in total. The molecule has 0 spiro atoms. The SMILES string of the molecule is NCC1(c2ccn(-c3ccccc3F)n2)CC1. The van der Waals surface area contributed by atoms with E-state index in [1.165, 1.54) is 6.07 Å². The number of nitrogens with zero attached hydrogens (tertiary/aromatic N) is 2. The van der Waals surface area contributed by atoms with Crippen molar-refractivity contribution in [1.29, 1.82) is 0 Å². The fourth-order valence-corrected chi connectivity index (χ4v) is 2.09. The maximum Gasteiger partial charge on any atom is 0.148 e. The summed E-state index contributed by atoms with van der Waals surface area (Å²) in [5.41, 5.74) is 7.26. The van der Waals surface area contributed by atoms with Crippen LogP contribution in [0, 0.1) is 5.82 Å². The smallest absolute Gasteiger partial charge is 0.148 e. The molecule has 1 saturated carbocycles. The van der Waals surface area contributed by atoms with Gasteiger partial charge in [0.15, 0.2) is 0 Å². The van der Waals surface area contributed by atoms with Gasteiger partial charge in [0.25, 0.3) is 0 Å². The lowest BCUT2D eigenvalue weighted by atomic mass is 10.0. The van der Waals surface area contributed by atoms with Crippen LogP contribution in [-0.4, -0.2) is 16.3 Å². The number of benzene rings is 1. The zero-order valence-electron chi connectivity index (χ0n) is 9.44. The van der Waals surface area contributed by atoms with E-state index >= 15 is 0 Å². The molecule has 1 aliphatic rings. The first-order valence-electron chi connectivity index (χ1n) is 5.76. The van der Waals surface area contributed by atoms with Gasteiger partial charge in [-0.25, -0.2) is 9.07 Å². The van der Waals surface area contributed by atoms with Gasteiger partial charge in [0.2, 0.25) is 0 Å². The number of halogens is 1. The minimum absolute atomic E-state index is 0.0521. The minimum atomic E-state index is -0.264. The molecular weight excluding hydrogens is 217 g/mol. The highest BCUT2D eigenvalue weighted by atomic mass is 19.1. The Morgan fingerprint density at radius 2 is 2.06 bits per heavy atom. The average molecular weight is 231 g/mol. The molecule has 0 bridgehead atoms. The zero-order chi connectivity index (χ0) is 11.9. The van der Waals surface area contributed by atoms with E-state index in [4.69, 9.17) is 5.73 Å². The Morgan fingerprint density at radius 3 is 2.71 bits per heavy atom. The molecule has 1 fully saturated rings. The molecule has 3 rings (SSSR count). The van der Waals surface area contributed by atoms with E-state index < -0.39 is 0 Å². The molecule has 17 heavy (non-hydrogen) atoms. The summed E-state index contributed by atoms with van der Waals surface area (Å²) < 4.78 is 15.2. The molecule has 4 heteroatoms. The fourth-order valence-electron chi connectivity index (χ4n) is 2.09. The molecule has 1 aliphatic carbocycles. The summed E-state index contributed by atoms with van der Waals surface area (Å²) in [5, 5.41) is 4.44. The Labute approximate surface area is 99.1 Å². The molecule has 0 unspecified atom stereocenters. The van der Waals surface area contributed by atoms with Crippen LogP contribution in [0.15, 0.2) is 36.5 Å². The van der Waals surface area contributed by atoms with Crippen molar-refractivity contribution in [2.24, 2.45) is 5.73 Å². The molecule has 2 N–H and O–H groups in total. The van der Waals surface area contributed by atoms with Crippen molar-refractivity contribution in [3.05, 3.63) is 48.0 Å². The van der Waals surface area contributed by atoms with Crippen molar-refractivity contribution >= 4 is 0 Å². The highest BCUT2D eigenvalue weighted by Gasteiger charge is 2.44. The number of aromatic nitrogens is 2. The van der Waals surface area contributed by atoms with Gasteiger partial charge >= 0.3 is 0 Å². The van der Waals surface area contributed by atoms with Gasteiger partial charge in [0.05, 0.1) is 5.69 Å². The third-order valence-electron chi connectivity index (χ3n) is 3.48. The molecule has 1 heterocycles. The summed E-state index contributed by atoms with van der Waals surface area (Å²) in [6.45, 7) is 0.612. The summed E-state index contributed by atoms with van der Waals surface area (Å²) in [7, 11) is 0. The maximum absolute atomic E-state index is 13.6. The van der Waals surface area contributed by atoms with Crippen molar-refractivity contribution in [2.75, 3.05) is 6.54 Å². The van der Waals surface area contributed by atoms with Gasteiger partial charge in [-0.2, -0.15) is 5.10 Å². The number of hydrogen-bond donors (Lipinski definition) is 1. The third-order valence-corrected chi connectivity index (χ3v) is 3.48. The highest BCUT2D eigenvalue weighted by Crippen LogP contribution is 2.46. The van der Waals surface area contributed by atoms with Gasteiger partial charge in [-0.05, 0) is 31.0 Å². The van der Waals surface area contributed by atoms with Crippen LogP contribution in [0.1, 0.15) is 18.5 Å². The average Bonchev–Trinajstić information content (AvgIpc) is 3.00. The van der Waals surface area contributed by atoms with Crippen LogP contribution in [0.4, 0.5) is 4.39 Å². The van der Waals surface area contributed by atoms with E-state index in [9.17, 15) is 4.39 Å². The first-order chi connectivity index (χ1) is 8.25. The first-order valence-corrected chi connectivity index (χ1v) is 5.76. The van der Waals surface area contributed by atoms with Gasteiger partial charge in [-0.1, -0.05) is 12.1 Å². The lowest BCUT2D eigenvalue weighted by molar-refractivity contribution is 0.604. The number of rotatable bonds is 3. The van der Waals surface area contributed by atoms with Crippen molar-refractivity contribution in [3.8, 4) is 5.69 Å². The molecule has 0 atom stereocenters. The van der Waals surface area contributed by atoms with Gasteiger partial charge in [0, 0.05) is 18.2 Å². The lowest BCUT2D eigenvalue weighted by Gasteiger charge is -2.08. The van der Waals surface area contributed by atoms with E-state index in [0.717, 1.165) is 18.5 Å². The summed E-state index contributed by atoms with van der Waals surface area (Å²) >= 11 is 0. The van der Waals surface area contributed by atoms with Gasteiger partial charge in [-0.3, -0.25) is 0 Å². The Bertz CT molecular complexity index is 543. The minimum Gasteiger partial charge on any atom is -0.330 e. The number of para-hydroxylation sites is 1. The Morgan fingerprint density at radius 1 is 1.29 bits per heavy atom. The lowest BCUT2D eigenvalue weighted by Crippen LogP contribution is -2.20. The standard InChI is InChI=1S/C13H14FN3/c14-10-3-1-2-4-11(10)17-8-5-12(16-17)13(9-15)6-7-13/h1-5,8H,6-7,9,15H2. The van der Waals surface area contributed by atoms with Crippen LogP contribution < -0.4 is 5.73 Å². The first kappa shape index (κ1) is 10.5. The van der Waals surface area contributed by atoms with E-state index in [1.807, 2.05) is 6.07 Å².